The van der Waals surface area contributed by atoms with Gasteiger partial charge in [-0.15, -0.1) is 11.3 Å². The number of thiazole rings is 1. The molecule has 0 amide bonds. The molecule has 2 aromatic rings. The summed E-state index contributed by atoms with van der Waals surface area (Å²) in [5.41, 5.74) is 1.56. The van der Waals surface area contributed by atoms with Crippen LogP contribution in [0.1, 0.15) is 11.9 Å². The van der Waals surface area contributed by atoms with Crippen LogP contribution in [0.2, 0.25) is 0 Å². The van der Waals surface area contributed by atoms with Crippen molar-refractivity contribution in [2.24, 2.45) is 0 Å². The van der Waals surface area contributed by atoms with Gasteiger partial charge in [-0.1, -0.05) is 0 Å². The second kappa shape index (κ2) is 2.91. The molecule has 0 fully saturated rings. The van der Waals surface area contributed by atoms with Crippen LogP contribution < -0.4 is 5.56 Å². The smallest absolute Gasteiger partial charge is 0.257 e. The van der Waals surface area contributed by atoms with E-state index >= 15 is 0 Å². The minimum absolute atomic E-state index is 0.0848. The molecule has 0 saturated heterocycles. The largest absolute Gasteiger partial charge is 0.364 e. The van der Waals surface area contributed by atoms with Gasteiger partial charge in [0, 0.05) is 0 Å². The number of nitrogens with zero attached hydrogens (tertiary/aromatic N) is 1. The van der Waals surface area contributed by atoms with Gasteiger partial charge in [-0.3, -0.25) is 4.79 Å². The summed E-state index contributed by atoms with van der Waals surface area (Å²) in [5, 5.41) is 17.6. The van der Waals surface area contributed by atoms with Gasteiger partial charge < -0.3 is 15.2 Å². The van der Waals surface area contributed by atoms with Crippen LogP contribution >= 0.6 is 11.3 Å². The minimum atomic E-state index is -1.75. The summed E-state index contributed by atoms with van der Waals surface area (Å²) in [4.78, 5) is 18.2. The van der Waals surface area contributed by atoms with Gasteiger partial charge in [0.15, 0.2) is 6.29 Å². The first-order valence-corrected chi connectivity index (χ1v) is 4.39. The van der Waals surface area contributed by atoms with Gasteiger partial charge in [-0.25, -0.2) is 4.98 Å². The molecule has 0 saturated carbocycles. The van der Waals surface area contributed by atoms with Crippen LogP contribution in [0.3, 0.4) is 0 Å². The Hall–Kier alpha value is -1.24. The summed E-state index contributed by atoms with van der Waals surface area (Å²) in [5.74, 6) is 0. The molecular weight excluding hydrogens is 192 g/mol. The summed E-state index contributed by atoms with van der Waals surface area (Å²) in [6.45, 7) is 0. The van der Waals surface area contributed by atoms with Crippen molar-refractivity contribution in [1.29, 1.82) is 0 Å². The van der Waals surface area contributed by atoms with E-state index in [1.807, 2.05) is 0 Å². The van der Waals surface area contributed by atoms with Crippen molar-refractivity contribution >= 4 is 21.7 Å². The zero-order chi connectivity index (χ0) is 9.42. The number of hydrogen-bond acceptors (Lipinski definition) is 5. The van der Waals surface area contributed by atoms with E-state index in [4.69, 9.17) is 10.2 Å². The molecule has 68 valence electrons. The predicted molar refractivity (Wildman–Crippen MR) is 47.4 cm³/mol. The van der Waals surface area contributed by atoms with Crippen molar-refractivity contribution in [2.75, 3.05) is 0 Å². The lowest BCUT2D eigenvalue weighted by Crippen LogP contribution is -2.15. The number of aliphatic hydroxyl groups is 2. The van der Waals surface area contributed by atoms with Crippen molar-refractivity contribution in [3.05, 3.63) is 27.5 Å². The van der Waals surface area contributed by atoms with E-state index in [1.165, 1.54) is 17.4 Å². The number of rotatable bonds is 1. The normalized spacial score (nSPS) is 11.3. The van der Waals surface area contributed by atoms with Crippen molar-refractivity contribution in [3.63, 3.8) is 0 Å². The molecule has 2 rings (SSSR count). The first-order valence-electron chi connectivity index (χ1n) is 3.51. The van der Waals surface area contributed by atoms with Gasteiger partial charge >= 0.3 is 0 Å². The maximum atomic E-state index is 11.2. The number of pyridine rings is 1. The Bertz CT molecular complexity index is 488. The van der Waals surface area contributed by atoms with E-state index in [0.29, 0.717) is 10.3 Å². The van der Waals surface area contributed by atoms with Crippen LogP contribution in [0, 0.1) is 0 Å². The van der Waals surface area contributed by atoms with E-state index in [2.05, 4.69) is 9.97 Å². The van der Waals surface area contributed by atoms with Crippen LogP contribution in [0.5, 0.6) is 0 Å². The highest BCUT2D eigenvalue weighted by molar-refractivity contribution is 7.16. The molecule has 2 aromatic heterocycles. The van der Waals surface area contributed by atoms with Crippen molar-refractivity contribution in [2.45, 2.75) is 6.29 Å². The minimum Gasteiger partial charge on any atom is -0.364 e. The molecule has 5 nitrogen and oxygen atoms in total. The summed E-state index contributed by atoms with van der Waals surface area (Å²) in [6, 6.07) is 1.37. The van der Waals surface area contributed by atoms with Crippen LogP contribution in [0.15, 0.2) is 16.4 Å². The third kappa shape index (κ3) is 1.35. The Kier molecular flexibility index (Phi) is 1.87. The topological polar surface area (TPSA) is 86.2 Å². The van der Waals surface area contributed by atoms with E-state index in [9.17, 15) is 4.79 Å². The van der Waals surface area contributed by atoms with Crippen LogP contribution in [-0.4, -0.2) is 20.2 Å². The Morgan fingerprint density at radius 3 is 3.00 bits per heavy atom. The lowest BCUT2D eigenvalue weighted by atomic mass is 10.2. The van der Waals surface area contributed by atoms with Gasteiger partial charge in [-0.05, 0) is 6.07 Å². The standard InChI is InChI=1S/C7H6N2O3S/c10-5-3(7(11)12)1-4-6(9-5)13-2-8-4/h1-2,7,11-12H,(H,9,10). The lowest BCUT2D eigenvalue weighted by molar-refractivity contribution is -0.0434. The molecule has 0 spiro atoms. The number of aromatic nitrogens is 2. The fourth-order valence-electron chi connectivity index (χ4n) is 1.03. The molecule has 0 aliphatic carbocycles. The first-order chi connectivity index (χ1) is 6.18. The van der Waals surface area contributed by atoms with Crippen molar-refractivity contribution in [3.8, 4) is 0 Å². The summed E-state index contributed by atoms with van der Waals surface area (Å²) in [7, 11) is 0. The number of aromatic amines is 1. The number of nitrogens with one attached hydrogen (secondary N) is 1. The molecule has 0 radical (unpaired) electrons. The predicted octanol–water partition coefficient (Wildman–Crippen LogP) is -0.0322. The van der Waals surface area contributed by atoms with Crippen LogP contribution in [0.4, 0.5) is 0 Å². The highest BCUT2D eigenvalue weighted by Crippen LogP contribution is 2.15. The second-order valence-corrected chi connectivity index (χ2v) is 3.35. The van der Waals surface area contributed by atoms with E-state index < -0.39 is 11.8 Å². The van der Waals surface area contributed by atoms with E-state index in [-0.39, 0.29) is 5.56 Å². The zero-order valence-corrected chi connectivity index (χ0v) is 7.21. The molecule has 0 aromatic carbocycles. The molecular formula is C7H6N2O3S. The average molecular weight is 198 g/mol. The number of H-pyrrole nitrogens is 1. The van der Waals surface area contributed by atoms with Crippen molar-refractivity contribution < 1.29 is 10.2 Å². The monoisotopic (exact) mass is 198 g/mol. The Labute approximate surface area is 76.3 Å². The fourth-order valence-corrected chi connectivity index (χ4v) is 1.69. The molecule has 13 heavy (non-hydrogen) atoms. The third-order valence-corrected chi connectivity index (χ3v) is 2.41. The second-order valence-electron chi connectivity index (χ2n) is 2.49. The van der Waals surface area contributed by atoms with Gasteiger partial charge in [0.1, 0.15) is 4.83 Å². The SMILES string of the molecule is O=c1[nH]c2scnc2cc1C(O)O. The van der Waals surface area contributed by atoms with E-state index in [1.54, 1.807) is 5.51 Å². The molecule has 0 atom stereocenters. The maximum absolute atomic E-state index is 11.2. The summed E-state index contributed by atoms with van der Waals surface area (Å²) in [6.07, 6.45) is -1.75. The molecule has 0 aliphatic rings. The highest BCUT2D eigenvalue weighted by atomic mass is 32.1. The number of hydrogen-bond donors (Lipinski definition) is 3. The zero-order valence-electron chi connectivity index (χ0n) is 6.39. The maximum Gasteiger partial charge on any atom is 0.257 e. The summed E-state index contributed by atoms with van der Waals surface area (Å²) < 4.78 is 0. The third-order valence-electron chi connectivity index (χ3n) is 1.65. The molecule has 0 unspecified atom stereocenters. The molecule has 2 heterocycles. The molecule has 0 aliphatic heterocycles. The van der Waals surface area contributed by atoms with Crippen LogP contribution in [0.25, 0.3) is 10.3 Å². The van der Waals surface area contributed by atoms with Gasteiger partial charge in [-0.2, -0.15) is 0 Å². The molecule has 0 bridgehead atoms. The highest BCUT2D eigenvalue weighted by Gasteiger charge is 2.10. The molecule has 3 N–H and O–H groups in total. The Balaban J connectivity index is 2.77. The quantitative estimate of drug-likeness (QED) is 0.561. The van der Waals surface area contributed by atoms with Crippen molar-refractivity contribution in [1.82, 2.24) is 9.97 Å². The Morgan fingerprint density at radius 1 is 1.54 bits per heavy atom. The first kappa shape index (κ1) is 8.36. The van der Waals surface area contributed by atoms with E-state index in [0.717, 1.165) is 0 Å². The number of fused-ring (bicyclic) bond motifs is 1. The average Bonchev–Trinajstić information content (AvgIpc) is 2.48. The Morgan fingerprint density at radius 2 is 2.31 bits per heavy atom. The van der Waals surface area contributed by atoms with Gasteiger partial charge in [0.2, 0.25) is 0 Å². The molecule has 6 heteroatoms. The fraction of sp³-hybridized carbons (Fsp3) is 0.143. The summed E-state index contributed by atoms with van der Waals surface area (Å²) >= 11 is 1.29. The van der Waals surface area contributed by atoms with Gasteiger partial charge in [0.25, 0.3) is 5.56 Å². The number of aliphatic hydroxyl groups excluding tert-OH is 1. The van der Waals surface area contributed by atoms with Gasteiger partial charge in [0.05, 0.1) is 16.6 Å². The lowest BCUT2D eigenvalue weighted by Gasteiger charge is -2.00. The van der Waals surface area contributed by atoms with Crippen LogP contribution in [-0.2, 0) is 0 Å².